The topological polar surface area (TPSA) is 35.5 Å². The quantitative estimate of drug-likeness (QED) is 0.578. The normalized spacial score (nSPS) is 10.4. The number of ether oxygens (including phenoxy) is 2. The van der Waals surface area contributed by atoms with Crippen LogP contribution in [0.15, 0.2) is 24.5 Å². The Labute approximate surface area is 95.7 Å². The zero-order chi connectivity index (χ0) is 12.0. The van der Waals surface area contributed by atoms with Crippen molar-refractivity contribution >= 4 is 12.0 Å². The molecule has 0 fully saturated rings. The van der Waals surface area contributed by atoms with E-state index in [-0.39, 0.29) is 5.97 Å². The molecule has 0 saturated heterocycles. The molecule has 3 nitrogen and oxygen atoms in total. The summed E-state index contributed by atoms with van der Waals surface area (Å²) in [5.74, 6) is -0.316. The lowest BCUT2D eigenvalue weighted by Crippen LogP contribution is -2.01. The van der Waals surface area contributed by atoms with Crippen LogP contribution < -0.4 is 0 Å². The molecule has 0 aliphatic carbocycles. The van der Waals surface area contributed by atoms with Crippen LogP contribution in [0.3, 0.4) is 0 Å². The Kier molecular flexibility index (Phi) is 4.58. The number of hydrogen-bond donors (Lipinski definition) is 0. The number of rotatable bonds is 4. The number of hydrogen-bond acceptors (Lipinski definition) is 3. The van der Waals surface area contributed by atoms with Gasteiger partial charge in [-0.15, -0.1) is 0 Å². The Morgan fingerprint density at radius 1 is 1.44 bits per heavy atom. The van der Waals surface area contributed by atoms with Crippen LogP contribution in [0.4, 0.5) is 0 Å². The van der Waals surface area contributed by atoms with Gasteiger partial charge in [-0.1, -0.05) is 6.07 Å². The fourth-order valence-corrected chi connectivity index (χ4v) is 1.33. The Morgan fingerprint density at radius 2 is 2.19 bits per heavy atom. The molecular formula is C13H16O3. The zero-order valence-corrected chi connectivity index (χ0v) is 9.82. The van der Waals surface area contributed by atoms with Gasteiger partial charge in [-0.3, -0.25) is 0 Å². The second kappa shape index (κ2) is 5.95. The van der Waals surface area contributed by atoms with Gasteiger partial charge in [-0.2, -0.15) is 0 Å². The van der Waals surface area contributed by atoms with Crippen LogP contribution in [0, 0.1) is 6.92 Å². The van der Waals surface area contributed by atoms with Gasteiger partial charge in [0.05, 0.1) is 25.5 Å². The smallest absolute Gasteiger partial charge is 0.337 e. The molecule has 0 radical (unpaired) electrons. The average molecular weight is 220 g/mol. The molecule has 0 atom stereocenters. The number of carbonyl (C=O) groups is 1. The molecule has 0 saturated carbocycles. The molecule has 86 valence electrons. The van der Waals surface area contributed by atoms with E-state index in [1.807, 2.05) is 26.0 Å². The maximum Gasteiger partial charge on any atom is 0.337 e. The fourth-order valence-electron chi connectivity index (χ4n) is 1.33. The highest BCUT2D eigenvalue weighted by atomic mass is 16.5. The first-order chi connectivity index (χ1) is 7.69. The first-order valence-corrected chi connectivity index (χ1v) is 5.16. The van der Waals surface area contributed by atoms with Crippen molar-refractivity contribution in [3.05, 3.63) is 41.2 Å². The predicted molar refractivity (Wildman–Crippen MR) is 63.2 cm³/mol. The number of aryl methyl sites for hydroxylation is 1. The Hall–Kier alpha value is -1.77. The highest BCUT2D eigenvalue weighted by Gasteiger charge is 2.05. The molecule has 0 aromatic heterocycles. The summed E-state index contributed by atoms with van der Waals surface area (Å²) in [5.41, 5.74) is 2.61. The summed E-state index contributed by atoms with van der Waals surface area (Å²) in [5, 5.41) is 0. The minimum absolute atomic E-state index is 0.316. The first kappa shape index (κ1) is 12.3. The first-order valence-electron chi connectivity index (χ1n) is 5.16. The van der Waals surface area contributed by atoms with Crippen molar-refractivity contribution in [3.63, 3.8) is 0 Å². The van der Waals surface area contributed by atoms with Crippen molar-refractivity contribution in [2.45, 2.75) is 13.8 Å². The Morgan fingerprint density at radius 3 is 2.75 bits per heavy atom. The van der Waals surface area contributed by atoms with Crippen LogP contribution >= 0.6 is 0 Å². The molecular weight excluding hydrogens is 204 g/mol. The largest absolute Gasteiger partial charge is 0.501 e. The summed E-state index contributed by atoms with van der Waals surface area (Å²) in [6.07, 6.45) is 3.53. The molecule has 1 aromatic rings. The van der Waals surface area contributed by atoms with E-state index in [2.05, 4.69) is 4.74 Å². The molecule has 1 aromatic carbocycles. The van der Waals surface area contributed by atoms with Crippen LogP contribution in [0.1, 0.15) is 28.4 Å². The molecule has 3 heteroatoms. The predicted octanol–water partition coefficient (Wildman–Crippen LogP) is 2.79. The fraction of sp³-hybridized carbons (Fsp3) is 0.308. The Bertz CT molecular complexity index is 394. The third-order valence-corrected chi connectivity index (χ3v) is 2.20. The lowest BCUT2D eigenvalue weighted by Gasteiger charge is -2.04. The van der Waals surface area contributed by atoms with E-state index in [1.165, 1.54) is 7.11 Å². The molecule has 0 bridgehead atoms. The molecule has 1 rings (SSSR count). The molecule has 0 aliphatic heterocycles. The molecule has 16 heavy (non-hydrogen) atoms. The van der Waals surface area contributed by atoms with Gasteiger partial charge < -0.3 is 9.47 Å². The second-order valence-electron chi connectivity index (χ2n) is 3.32. The maximum absolute atomic E-state index is 11.3. The second-order valence-corrected chi connectivity index (χ2v) is 3.32. The van der Waals surface area contributed by atoms with Crippen molar-refractivity contribution in [1.82, 2.24) is 0 Å². The van der Waals surface area contributed by atoms with Crippen LogP contribution in [-0.2, 0) is 9.47 Å². The van der Waals surface area contributed by atoms with Gasteiger partial charge in [0.1, 0.15) is 0 Å². The molecule has 0 aliphatic rings. The van der Waals surface area contributed by atoms with Crippen molar-refractivity contribution in [1.29, 1.82) is 0 Å². The van der Waals surface area contributed by atoms with Gasteiger partial charge in [0.25, 0.3) is 0 Å². The van der Waals surface area contributed by atoms with Crippen molar-refractivity contribution < 1.29 is 14.3 Å². The Balaban J connectivity index is 2.87. The van der Waals surface area contributed by atoms with E-state index in [0.29, 0.717) is 12.2 Å². The van der Waals surface area contributed by atoms with E-state index in [1.54, 1.807) is 18.4 Å². The standard InChI is InChI=1S/C13H16O3/c1-4-16-8-7-11-5-6-12(9-10(11)2)13(14)15-3/h5-9H,4H2,1-3H3. The van der Waals surface area contributed by atoms with E-state index in [0.717, 1.165) is 11.1 Å². The zero-order valence-electron chi connectivity index (χ0n) is 9.82. The highest BCUT2D eigenvalue weighted by molar-refractivity contribution is 5.89. The lowest BCUT2D eigenvalue weighted by atomic mass is 10.1. The number of carbonyl (C=O) groups excluding carboxylic acids is 1. The van der Waals surface area contributed by atoms with Gasteiger partial charge in [-0.25, -0.2) is 4.79 Å². The van der Waals surface area contributed by atoms with Crippen LogP contribution in [0.2, 0.25) is 0 Å². The van der Waals surface area contributed by atoms with E-state index in [9.17, 15) is 4.79 Å². The minimum Gasteiger partial charge on any atom is -0.501 e. The van der Waals surface area contributed by atoms with Crippen LogP contribution in [0.25, 0.3) is 6.08 Å². The van der Waals surface area contributed by atoms with Gasteiger partial charge in [0.2, 0.25) is 0 Å². The highest BCUT2D eigenvalue weighted by Crippen LogP contribution is 2.13. The third kappa shape index (κ3) is 3.12. The van der Waals surface area contributed by atoms with E-state index < -0.39 is 0 Å². The van der Waals surface area contributed by atoms with Crippen molar-refractivity contribution in [2.24, 2.45) is 0 Å². The summed E-state index contributed by atoms with van der Waals surface area (Å²) in [4.78, 5) is 11.3. The molecule has 0 unspecified atom stereocenters. The average Bonchev–Trinajstić information content (AvgIpc) is 2.30. The molecule has 0 heterocycles. The number of benzene rings is 1. The molecule has 0 spiro atoms. The maximum atomic E-state index is 11.3. The lowest BCUT2D eigenvalue weighted by molar-refractivity contribution is 0.0600. The van der Waals surface area contributed by atoms with Crippen LogP contribution in [-0.4, -0.2) is 19.7 Å². The monoisotopic (exact) mass is 220 g/mol. The van der Waals surface area contributed by atoms with Gasteiger partial charge >= 0.3 is 5.97 Å². The summed E-state index contributed by atoms with van der Waals surface area (Å²) < 4.78 is 9.77. The van der Waals surface area contributed by atoms with Crippen molar-refractivity contribution in [3.8, 4) is 0 Å². The summed E-state index contributed by atoms with van der Waals surface area (Å²) >= 11 is 0. The minimum atomic E-state index is -0.316. The van der Waals surface area contributed by atoms with Crippen molar-refractivity contribution in [2.75, 3.05) is 13.7 Å². The van der Waals surface area contributed by atoms with Gasteiger partial charge in [0, 0.05) is 0 Å². The summed E-state index contributed by atoms with van der Waals surface area (Å²) in [6.45, 7) is 4.52. The molecule has 0 N–H and O–H groups in total. The summed E-state index contributed by atoms with van der Waals surface area (Å²) in [7, 11) is 1.38. The number of esters is 1. The summed E-state index contributed by atoms with van der Waals surface area (Å²) in [6, 6.07) is 5.42. The van der Waals surface area contributed by atoms with Gasteiger partial charge in [-0.05, 0) is 43.2 Å². The number of methoxy groups -OCH3 is 1. The van der Waals surface area contributed by atoms with Crippen LogP contribution in [0.5, 0.6) is 0 Å². The van der Waals surface area contributed by atoms with E-state index in [4.69, 9.17) is 4.74 Å². The third-order valence-electron chi connectivity index (χ3n) is 2.20. The SMILES string of the molecule is CCOC=Cc1ccc(C(=O)OC)cc1C. The molecule has 0 amide bonds. The van der Waals surface area contributed by atoms with Gasteiger partial charge in [0.15, 0.2) is 0 Å². The van der Waals surface area contributed by atoms with E-state index >= 15 is 0 Å².